The minimum absolute atomic E-state index is 0.419. The van der Waals surface area contributed by atoms with Gasteiger partial charge in [0.25, 0.3) is 0 Å². The van der Waals surface area contributed by atoms with Gasteiger partial charge in [-0.2, -0.15) is 0 Å². The molecule has 5 heteroatoms. The van der Waals surface area contributed by atoms with Crippen molar-refractivity contribution < 1.29 is 9.15 Å². The molecule has 0 bridgehead atoms. The molecule has 3 nitrogen and oxygen atoms in total. The zero-order chi connectivity index (χ0) is 15.4. The van der Waals surface area contributed by atoms with Gasteiger partial charge in [-0.25, -0.2) is 0 Å². The first-order valence-corrected chi connectivity index (χ1v) is 8.43. The second-order valence-electron chi connectivity index (χ2n) is 5.22. The van der Waals surface area contributed by atoms with Gasteiger partial charge >= 0.3 is 0 Å². The molecule has 0 aliphatic heterocycles. The Bertz CT molecular complexity index is 608. The average Bonchev–Trinajstić information content (AvgIpc) is 2.76. The molecule has 1 heterocycles. The molecule has 0 radical (unpaired) electrons. The number of ether oxygens (including phenoxy) is 1. The largest absolute Gasteiger partial charge is 0.484 e. The van der Waals surface area contributed by atoms with Crippen molar-refractivity contribution in [2.75, 3.05) is 0 Å². The number of aryl methyl sites for hydroxylation is 1. The van der Waals surface area contributed by atoms with Gasteiger partial charge in [-0.15, -0.1) is 0 Å². The van der Waals surface area contributed by atoms with E-state index in [9.17, 15) is 0 Å². The van der Waals surface area contributed by atoms with Crippen molar-refractivity contribution in [1.29, 1.82) is 0 Å². The van der Waals surface area contributed by atoms with Gasteiger partial charge < -0.3 is 14.5 Å². The van der Waals surface area contributed by atoms with Gasteiger partial charge in [0.05, 0.1) is 11.0 Å². The van der Waals surface area contributed by atoms with Crippen LogP contribution < -0.4 is 10.1 Å². The molecular weight excluding hydrogens is 398 g/mol. The molecule has 1 aromatic heterocycles. The fourth-order valence-corrected chi connectivity index (χ4v) is 3.04. The van der Waals surface area contributed by atoms with Crippen molar-refractivity contribution in [2.24, 2.45) is 0 Å². The molecule has 0 aliphatic rings. The lowest BCUT2D eigenvalue weighted by Gasteiger charge is -2.07. The maximum atomic E-state index is 5.84. The Balaban J connectivity index is 1.98. The third-order valence-corrected chi connectivity index (χ3v) is 4.12. The first kappa shape index (κ1) is 16.6. The normalized spacial score (nSPS) is 11.1. The van der Waals surface area contributed by atoms with Crippen LogP contribution in [0.1, 0.15) is 30.9 Å². The molecule has 0 saturated heterocycles. The van der Waals surface area contributed by atoms with Crippen molar-refractivity contribution >= 4 is 31.9 Å². The van der Waals surface area contributed by atoms with Crippen LogP contribution in [0.3, 0.4) is 0 Å². The Morgan fingerprint density at radius 3 is 2.67 bits per heavy atom. The molecule has 0 unspecified atom stereocenters. The monoisotopic (exact) mass is 415 g/mol. The van der Waals surface area contributed by atoms with Crippen molar-refractivity contribution in [1.82, 2.24) is 5.32 Å². The third kappa shape index (κ3) is 4.87. The quantitative estimate of drug-likeness (QED) is 0.703. The van der Waals surface area contributed by atoms with Gasteiger partial charge in [0.15, 0.2) is 0 Å². The Morgan fingerprint density at radius 2 is 2.00 bits per heavy atom. The highest BCUT2D eigenvalue weighted by atomic mass is 79.9. The van der Waals surface area contributed by atoms with E-state index in [1.165, 1.54) is 0 Å². The summed E-state index contributed by atoms with van der Waals surface area (Å²) in [6, 6.07) is 8.30. The predicted molar refractivity (Wildman–Crippen MR) is 91.6 cm³/mol. The number of hydrogen-bond donors (Lipinski definition) is 1. The summed E-state index contributed by atoms with van der Waals surface area (Å²) in [5, 5.41) is 3.36. The van der Waals surface area contributed by atoms with Gasteiger partial charge in [-0.3, -0.25) is 0 Å². The van der Waals surface area contributed by atoms with Crippen LogP contribution in [0.15, 0.2) is 37.6 Å². The summed E-state index contributed by atoms with van der Waals surface area (Å²) in [5.74, 6) is 2.61. The lowest BCUT2D eigenvalue weighted by molar-refractivity contribution is 0.263. The Labute approximate surface area is 142 Å². The van der Waals surface area contributed by atoms with E-state index >= 15 is 0 Å². The zero-order valence-corrected chi connectivity index (χ0v) is 15.5. The highest BCUT2D eigenvalue weighted by Crippen LogP contribution is 2.29. The van der Waals surface area contributed by atoms with E-state index in [0.29, 0.717) is 12.6 Å². The number of hydrogen-bond acceptors (Lipinski definition) is 3. The second-order valence-corrected chi connectivity index (χ2v) is 6.99. The van der Waals surface area contributed by atoms with Gasteiger partial charge in [0.2, 0.25) is 0 Å². The number of furan rings is 1. The first-order chi connectivity index (χ1) is 9.95. The average molecular weight is 417 g/mol. The molecule has 2 rings (SSSR count). The summed E-state index contributed by atoms with van der Waals surface area (Å²) < 4.78 is 13.6. The number of rotatable bonds is 6. The Morgan fingerprint density at radius 1 is 1.24 bits per heavy atom. The summed E-state index contributed by atoms with van der Waals surface area (Å²) in [6.07, 6.45) is 0. The van der Waals surface area contributed by atoms with E-state index in [1.807, 2.05) is 24.3 Å². The fraction of sp³-hybridized carbons (Fsp3) is 0.375. The van der Waals surface area contributed by atoms with E-state index in [0.717, 1.165) is 38.3 Å². The van der Waals surface area contributed by atoms with Crippen molar-refractivity contribution in [3.05, 3.63) is 50.3 Å². The molecule has 0 saturated carbocycles. The zero-order valence-electron chi connectivity index (χ0n) is 12.4. The van der Waals surface area contributed by atoms with Crippen LogP contribution in [0.4, 0.5) is 0 Å². The molecule has 0 fully saturated rings. The highest BCUT2D eigenvalue weighted by molar-refractivity contribution is 9.11. The molecule has 21 heavy (non-hydrogen) atoms. The molecule has 0 amide bonds. The fourth-order valence-electron chi connectivity index (χ4n) is 1.87. The van der Waals surface area contributed by atoms with E-state index in [4.69, 9.17) is 9.15 Å². The van der Waals surface area contributed by atoms with Crippen LogP contribution in [0.5, 0.6) is 5.75 Å². The third-order valence-electron chi connectivity index (χ3n) is 3.01. The Kier molecular flexibility index (Phi) is 5.90. The van der Waals surface area contributed by atoms with Crippen LogP contribution in [0.2, 0.25) is 0 Å². The SMILES string of the molecule is Cc1cc(COc2ccc(Br)cc2Br)oc1CNC(C)C. The Hall–Kier alpha value is -0.780. The highest BCUT2D eigenvalue weighted by Gasteiger charge is 2.09. The molecule has 0 aliphatic carbocycles. The standard InChI is InChI=1S/C16H19Br2NO2/c1-10(2)19-8-16-11(3)6-13(21-16)9-20-15-5-4-12(17)7-14(15)18/h4-7,10,19H,8-9H2,1-3H3. The predicted octanol–water partition coefficient (Wildman–Crippen LogP) is 5.19. The minimum atomic E-state index is 0.419. The number of halogens is 2. The van der Waals surface area contributed by atoms with Gasteiger partial charge in [0.1, 0.15) is 23.9 Å². The van der Waals surface area contributed by atoms with Gasteiger partial charge in [0, 0.05) is 10.5 Å². The molecule has 0 atom stereocenters. The molecule has 1 aromatic carbocycles. The van der Waals surface area contributed by atoms with Crippen molar-refractivity contribution in [2.45, 2.75) is 40.0 Å². The maximum absolute atomic E-state index is 5.84. The molecule has 0 spiro atoms. The van der Waals surface area contributed by atoms with Crippen molar-refractivity contribution in [3.63, 3.8) is 0 Å². The van der Waals surface area contributed by atoms with E-state index in [-0.39, 0.29) is 0 Å². The maximum Gasteiger partial charge on any atom is 0.146 e. The minimum Gasteiger partial charge on any atom is -0.484 e. The summed E-state index contributed by atoms with van der Waals surface area (Å²) >= 11 is 6.91. The van der Waals surface area contributed by atoms with Gasteiger partial charge in [-0.1, -0.05) is 29.8 Å². The van der Waals surface area contributed by atoms with E-state index < -0.39 is 0 Å². The summed E-state index contributed by atoms with van der Waals surface area (Å²) in [7, 11) is 0. The van der Waals surface area contributed by atoms with Crippen LogP contribution in [-0.2, 0) is 13.2 Å². The smallest absolute Gasteiger partial charge is 0.146 e. The second kappa shape index (κ2) is 7.47. The lowest BCUT2D eigenvalue weighted by atomic mass is 10.2. The number of nitrogens with one attached hydrogen (secondary N) is 1. The van der Waals surface area contributed by atoms with E-state index in [2.05, 4.69) is 57.9 Å². The first-order valence-electron chi connectivity index (χ1n) is 6.85. The van der Waals surface area contributed by atoms with Crippen LogP contribution in [0, 0.1) is 6.92 Å². The molecule has 2 aromatic rings. The summed E-state index contributed by atoms with van der Waals surface area (Å²) in [4.78, 5) is 0. The van der Waals surface area contributed by atoms with Crippen molar-refractivity contribution in [3.8, 4) is 5.75 Å². The number of benzene rings is 1. The lowest BCUT2D eigenvalue weighted by Crippen LogP contribution is -2.21. The summed E-state index contributed by atoms with van der Waals surface area (Å²) in [5.41, 5.74) is 1.15. The molecule has 114 valence electrons. The topological polar surface area (TPSA) is 34.4 Å². The summed E-state index contributed by atoms with van der Waals surface area (Å²) in [6.45, 7) is 7.45. The van der Waals surface area contributed by atoms with E-state index in [1.54, 1.807) is 0 Å². The van der Waals surface area contributed by atoms with Crippen LogP contribution in [-0.4, -0.2) is 6.04 Å². The molecular formula is C16H19Br2NO2. The van der Waals surface area contributed by atoms with Gasteiger partial charge in [-0.05, 0) is 52.7 Å². The van der Waals surface area contributed by atoms with Crippen LogP contribution in [0.25, 0.3) is 0 Å². The molecule has 1 N–H and O–H groups in total. The van der Waals surface area contributed by atoms with Crippen LogP contribution >= 0.6 is 31.9 Å².